The Morgan fingerprint density at radius 1 is 1.20 bits per heavy atom. The third kappa shape index (κ3) is 2.37. The molecule has 0 atom stereocenters. The maximum atomic E-state index is 5.88. The van der Waals surface area contributed by atoms with Gasteiger partial charge in [0.25, 0.3) is 0 Å². The van der Waals surface area contributed by atoms with Gasteiger partial charge in [0.1, 0.15) is 18.0 Å². The minimum Gasteiger partial charge on any atom is -0.383 e. The number of hydrogen-bond acceptors (Lipinski definition) is 4. The Morgan fingerprint density at radius 2 is 1.80 bits per heavy atom. The molecule has 1 aromatic rings. The van der Waals surface area contributed by atoms with Crippen molar-refractivity contribution in [2.75, 3.05) is 17.7 Å². The van der Waals surface area contributed by atoms with Gasteiger partial charge in [-0.2, -0.15) is 0 Å². The predicted molar refractivity (Wildman–Crippen MR) is 64.1 cm³/mol. The largest absolute Gasteiger partial charge is 0.383 e. The fraction of sp³-hybridized carbons (Fsp3) is 0.636. The molecule has 1 heterocycles. The van der Waals surface area contributed by atoms with E-state index in [9.17, 15) is 0 Å². The maximum absolute atomic E-state index is 5.88. The van der Waals surface area contributed by atoms with E-state index < -0.39 is 0 Å². The highest BCUT2D eigenvalue weighted by atomic mass is 15.2. The van der Waals surface area contributed by atoms with Crippen molar-refractivity contribution >= 4 is 11.6 Å². The van der Waals surface area contributed by atoms with Gasteiger partial charge in [0.15, 0.2) is 0 Å². The van der Waals surface area contributed by atoms with Crippen molar-refractivity contribution in [2.45, 2.75) is 39.7 Å². The molecule has 0 radical (unpaired) electrons. The molecule has 4 heteroatoms. The molecular weight excluding hydrogens is 188 g/mol. The first-order valence-electron chi connectivity index (χ1n) is 5.28. The molecule has 0 aliphatic rings. The normalized spacial score (nSPS) is 11.1. The van der Waals surface area contributed by atoms with Crippen LogP contribution in [0.15, 0.2) is 6.33 Å². The maximum Gasteiger partial charge on any atom is 0.137 e. The second-order valence-electron chi connectivity index (χ2n) is 4.36. The van der Waals surface area contributed by atoms with Crippen LogP contribution >= 0.6 is 0 Å². The molecule has 84 valence electrons. The number of hydrogen-bond donors (Lipinski definition) is 1. The van der Waals surface area contributed by atoms with Gasteiger partial charge in [-0.25, -0.2) is 9.97 Å². The molecule has 0 unspecified atom stereocenters. The average molecular weight is 208 g/mol. The van der Waals surface area contributed by atoms with Gasteiger partial charge >= 0.3 is 0 Å². The van der Waals surface area contributed by atoms with Gasteiger partial charge in [-0.1, -0.05) is 13.8 Å². The number of nitrogens with zero attached hydrogens (tertiary/aromatic N) is 3. The van der Waals surface area contributed by atoms with Crippen LogP contribution in [0.4, 0.5) is 11.6 Å². The van der Waals surface area contributed by atoms with Gasteiger partial charge in [-0.3, -0.25) is 0 Å². The van der Waals surface area contributed by atoms with Crippen molar-refractivity contribution < 1.29 is 0 Å². The summed E-state index contributed by atoms with van der Waals surface area (Å²) in [5.41, 5.74) is 6.92. The molecule has 2 N–H and O–H groups in total. The third-order valence-corrected chi connectivity index (χ3v) is 2.58. The van der Waals surface area contributed by atoms with Crippen molar-refractivity contribution in [1.82, 2.24) is 9.97 Å². The zero-order valence-corrected chi connectivity index (χ0v) is 10.2. The summed E-state index contributed by atoms with van der Waals surface area (Å²) in [5.74, 6) is 1.86. The Labute approximate surface area is 91.5 Å². The molecule has 0 spiro atoms. The quantitative estimate of drug-likeness (QED) is 0.825. The smallest absolute Gasteiger partial charge is 0.137 e. The lowest BCUT2D eigenvalue weighted by molar-refractivity contribution is 0.725. The molecule has 0 aliphatic carbocycles. The molecule has 0 bridgehead atoms. The van der Waals surface area contributed by atoms with E-state index in [0.717, 1.165) is 11.4 Å². The van der Waals surface area contributed by atoms with Crippen LogP contribution in [0.25, 0.3) is 0 Å². The highest BCUT2D eigenvalue weighted by molar-refractivity contribution is 5.58. The third-order valence-electron chi connectivity index (χ3n) is 2.58. The minimum atomic E-state index is 0.336. The molecule has 1 aromatic heterocycles. The lowest BCUT2D eigenvalue weighted by atomic mass is 10.0. The summed E-state index contributed by atoms with van der Waals surface area (Å²) >= 11 is 0. The predicted octanol–water partition coefficient (Wildman–Crippen LogP) is 2.03. The fourth-order valence-electron chi connectivity index (χ4n) is 1.48. The summed E-state index contributed by atoms with van der Waals surface area (Å²) in [6.45, 7) is 8.46. The highest BCUT2D eigenvalue weighted by Crippen LogP contribution is 2.29. The molecule has 0 saturated carbocycles. The van der Waals surface area contributed by atoms with E-state index in [-0.39, 0.29) is 0 Å². The molecule has 15 heavy (non-hydrogen) atoms. The second kappa shape index (κ2) is 4.47. The summed E-state index contributed by atoms with van der Waals surface area (Å²) in [7, 11) is 2.03. The average Bonchev–Trinajstić information content (AvgIpc) is 2.15. The summed E-state index contributed by atoms with van der Waals surface area (Å²) < 4.78 is 0. The van der Waals surface area contributed by atoms with Crippen molar-refractivity contribution in [3.05, 3.63) is 11.9 Å². The van der Waals surface area contributed by atoms with E-state index in [0.29, 0.717) is 17.8 Å². The van der Waals surface area contributed by atoms with Crippen molar-refractivity contribution in [3.8, 4) is 0 Å². The van der Waals surface area contributed by atoms with E-state index >= 15 is 0 Å². The van der Waals surface area contributed by atoms with E-state index in [2.05, 4.69) is 42.6 Å². The van der Waals surface area contributed by atoms with Gasteiger partial charge < -0.3 is 10.6 Å². The first-order valence-corrected chi connectivity index (χ1v) is 5.28. The molecule has 0 amide bonds. The lowest BCUT2D eigenvalue weighted by Gasteiger charge is -2.26. The number of nitrogen functional groups attached to an aromatic ring is 1. The van der Waals surface area contributed by atoms with Crippen LogP contribution in [-0.4, -0.2) is 23.1 Å². The van der Waals surface area contributed by atoms with E-state index in [1.54, 1.807) is 0 Å². The molecule has 4 nitrogen and oxygen atoms in total. The zero-order chi connectivity index (χ0) is 11.6. The van der Waals surface area contributed by atoms with E-state index in [1.807, 2.05) is 7.05 Å². The first-order chi connectivity index (χ1) is 6.95. The molecular formula is C11H20N4. The topological polar surface area (TPSA) is 55.0 Å². The minimum absolute atomic E-state index is 0.336. The lowest BCUT2D eigenvalue weighted by Crippen LogP contribution is -2.28. The summed E-state index contributed by atoms with van der Waals surface area (Å²) in [6, 6.07) is 0.400. The van der Waals surface area contributed by atoms with Crippen LogP contribution < -0.4 is 10.6 Å². The van der Waals surface area contributed by atoms with Crippen molar-refractivity contribution in [1.29, 1.82) is 0 Å². The first kappa shape index (κ1) is 11.8. The molecule has 0 fully saturated rings. The number of nitrogens with two attached hydrogens (primary N) is 1. The Bertz CT molecular complexity index is 333. The van der Waals surface area contributed by atoms with Gasteiger partial charge in [-0.15, -0.1) is 0 Å². The van der Waals surface area contributed by atoms with E-state index in [1.165, 1.54) is 6.33 Å². The monoisotopic (exact) mass is 208 g/mol. The Hall–Kier alpha value is -1.32. The number of anilines is 2. The fourth-order valence-corrected chi connectivity index (χ4v) is 1.48. The van der Waals surface area contributed by atoms with Gasteiger partial charge in [0, 0.05) is 18.7 Å². The van der Waals surface area contributed by atoms with Crippen LogP contribution in [0.5, 0.6) is 0 Å². The Morgan fingerprint density at radius 3 is 2.27 bits per heavy atom. The molecule has 0 aliphatic heterocycles. The Balaban J connectivity index is 3.22. The molecule has 0 aromatic carbocycles. The molecule has 1 rings (SSSR count). The van der Waals surface area contributed by atoms with Crippen LogP contribution in [0.2, 0.25) is 0 Å². The van der Waals surface area contributed by atoms with Gasteiger partial charge in [0.2, 0.25) is 0 Å². The highest BCUT2D eigenvalue weighted by Gasteiger charge is 2.17. The Kier molecular flexibility index (Phi) is 3.50. The molecule has 0 saturated heterocycles. The second-order valence-corrected chi connectivity index (χ2v) is 4.36. The van der Waals surface area contributed by atoms with Crippen LogP contribution in [0, 0.1) is 0 Å². The summed E-state index contributed by atoms with van der Waals surface area (Å²) in [6.07, 6.45) is 1.52. The van der Waals surface area contributed by atoms with Crippen LogP contribution in [-0.2, 0) is 0 Å². The van der Waals surface area contributed by atoms with E-state index in [4.69, 9.17) is 5.73 Å². The SMILES string of the molecule is CC(C)c1c(N)ncnc1N(C)C(C)C. The van der Waals surface area contributed by atoms with Gasteiger partial charge in [0.05, 0.1) is 0 Å². The standard InChI is InChI=1S/C11H20N4/c1-7(2)9-10(12)13-6-14-11(9)15(5)8(3)4/h6-8H,1-5H3,(H2,12,13,14). The summed E-state index contributed by atoms with van der Waals surface area (Å²) in [5, 5.41) is 0. The van der Waals surface area contributed by atoms with Crippen molar-refractivity contribution in [3.63, 3.8) is 0 Å². The number of aromatic nitrogens is 2. The zero-order valence-electron chi connectivity index (χ0n) is 10.2. The van der Waals surface area contributed by atoms with Crippen LogP contribution in [0.3, 0.4) is 0 Å². The number of rotatable bonds is 3. The van der Waals surface area contributed by atoms with Gasteiger partial charge in [-0.05, 0) is 19.8 Å². The summed E-state index contributed by atoms with van der Waals surface area (Å²) in [4.78, 5) is 10.5. The van der Waals surface area contributed by atoms with Crippen molar-refractivity contribution in [2.24, 2.45) is 0 Å². The van der Waals surface area contributed by atoms with Crippen LogP contribution in [0.1, 0.15) is 39.2 Å².